The quantitative estimate of drug-likeness (QED) is 0.503. The minimum absolute atomic E-state index is 0.249. The van der Waals surface area contributed by atoms with Crippen molar-refractivity contribution in [3.05, 3.63) is 64.2 Å². The SMILES string of the molecule is Cc1c(N)ccc(C#CCCNC(=O)OCc2ccccc2)c1Cl. The molecule has 2 rings (SSSR count). The Balaban J connectivity index is 1.73. The van der Waals surface area contributed by atoms with Gasteiger partial charge in [-0.1, -0.05) is 53.8 Å². The number of carbonyl (C=O) groups is 1. The fraction of sp³-hybridized carbons (Fsp3) is 0.211. The highest BCUT2D eigenvalue weighted by Crippen LogP contribution is 2.24. The summed E-state index contributed by atoms with van der Waals surface area (Å²) in [5.41, 5.74) is 8.92. The largest absolute Gasteiger partial charge is 0.445 e. The van der Waals surface area contributed by atoms with Crippen molar-refractivity contribution < 1.29 is 9.53 Å². The maximum atomic E-state index is 11.6. The van der Waals surface area contributed by atoms with E-state index in [0.29, 0.717) is 23.7 Å². The van der Waals surface area contributed by atoms with Crippen LogP contribution in [0.15, 0.2) is 42.5 Å². The van der Waals surface area contributed by atoms with Gasteiger partial charge in [-0.25, -0.2) is 4.79 Å². The van der Waals surface area contributed by atoms with E-state index in [9.17, 15) is 4.79 Å². The molecule has 5 heteroatoms. The van der Waals surface area contributed by atoms with Gasteiger partial charge in [0, 0.05) is 24.2 Å². The van der Waals surface area contributed by atoms with E-state index >= 15 is 0 Å². The molecule has 4 nitrogen and oxygen atoms in total. The van der Waals surface area contributed by atoms with Gasteiger partial charge >= 0.3 is 6.09 Å². The first-order chi connectivity index (χ1) is 11.6. The van der Waals surface area contributed by atoms with Gasteiger partial charge in [-0.15, -0.1) is 0 Å². The van der Waals surface area contributed by atoms with Crippen molar-refractivity contribution >= 4 is 23.4 Å². The monoisotopic (exact) mass is 342 g/mol. The molecule has 0 aliphatic carbocycles. The zero-order valence-corrected chi connectivity index (χ0v) is 14.2. The Labute approximate surface area is 147 Å². The lowest BCUT2D eigenvalue weighted by Crippen LogP contribution is -2.24. The Bertz CT molecular complexity index is 764. The van der Waals surface area contributed by atoms with Crippen molar-refractivity contribution in [1.82, 2.24) is 5.32 Å². The predicted octanol–water partition coefficient (Wildman–Crippen LogP) is 3.90. The number of alkyl carbamates (subject to hydrolysis) is 1. The van der Waals surface area contributed by atoms with Crippen LogP contribution < -0.4 is 11.1 Å². The van der Waals surface area contributed by atoms with Gasteiger partial charge in [-0.3, -0.25) is 0 Å². The molecule has 0 atom stereocenters. The summed E-state index contributed by atoms with van der Waals surface area (Å²) < 4.78 is 5.11. The summed E-state index contributed by atoms with van der Waals surface area (Å²) in [5, 5.41) is 3.22. The van der Waals surface area contributed by atoms with Crippen molar-refractivity contribution in [3.63, 3.8) is 0 Å². The third kappa shape index (κ3) is 5.22. The zero-order valence-electron chi connectivity index (χ0n) is 13.4. The molecule has 2 aromatic carbocycles. The summed E-state index contributed by atoms with van der Waals surface area (Å²) in [6, 6.07) is 13.1. The number of nitrogens with two attached hydrogens (primary N) is 1. The average molecular weight is 343 g/mol. The van der Waals surface area contributed by atoms with Gasteiger partial charge in [0.1, 0.15) is 6.61 Å². The molecule has 1 amide bonds. The van der Waals surface area contributed by atoms with Crippen LogP contribution in [0.25, 0.3) is 0 Å². The second kappa shape index (κ2) is 8.85. The highest BCUT2D eigenvalue weighted by atomic mass is 35.5. The first-order valence-corrected chi connectivity index (χ1v) is 7.93. The van der Waals surface area contributed by atoms with Gasteiger partial charge in [0.15, 0.2) is 0 Å². The second-order valence-electron chi connectivity index (χ2n) is 5.18. The molecule has 24 heavy (non-hydrogen) atoms. The highest BCUT2D eigenvalue weighted by molar-refractivity contribution is 6.32. The van der Waals surface area contributed by atoms with Gasteiger partial charge in [0.05, 0.1) is 5.02 Å². The molecule has 0 spiro atoms. The van der Waals surface area contributed by atoms with E-state index in [4.69, 9.17) is 22.1 Å². The Kier molecular flexibility index (Phi) is 6.53. The van der Waals surface area contributed by atoms with Crippen LogP contribution in [-0.2, 0) is 11.3 Å². The predicted molar refractivity (Wildman–Crippen MR) is 96.7 cm³/mol. The van der Waals surface area contributed by atoms with Crippen LogP contribution in [0.5, 0.6) is 0 Å². The van der Waals surface area contributed by atoms with E-state index in [0.717, 1.165) is 16.7 Å². The first-order valence-electron chi connectivity index (χ1n) is 7.56. The van der Waals surface area contributed by atoms with Crippen LogP contribution in [-0.4, -0.2) is 12.6 Å². The molecule has 3 N–H and O–H groups in total. The third-order valence-electron chi connectivity index (χ3n) is 3.38. The first kappa shape index (κ1) is 17.7. The third-order valence-corrected chi connectivity index (χ3v) is 3.87. The summed E-state index contributed by atoms with van der Waals surface area (Å²) in [4.78, 5) is 11.6. The fourth-order valence-electron chi connectivity index (χ4n) is 1.96. The van der Waals surface area contributed by atoms with Gasteiger partial charge in [-0.05, 0) is 30.2 Å². The number of nitrogens with one attached hydrogen (secondary N) is 1. The second-order valence-corrected chi connectivity index (χ2v) is 5.56. The van der Waals surface area contributed by atoms with E-state index in [-0.39, 0.29) is 6.61 Å². The Hall–Kier alpha value is -2.64. The number of nitrogen functional groups attached to an aromatic ring is 1. The lowest BCUT2D eigenvalue weighted by atomic mass is 10.1. The molecule has 0 saturated carbocycles. The zero-order chi connectivity index (χ0) is 17.4. The minimum atomic E-state index is -0.456. The molecular formula is C19H19ClN2O2. The molecule has 0 aliphatic rings. The van der Waals surface area contributed by atoms with Crippen LogP contribution >= 0.6 is 11.6 Å². The molecule has 0 unspecified atom stereocenters. The van der Waals surface area contributed by atoms with E-state index in [1.165, 1.54) is 0 Å². The Morgan fingerprint density at radius 1 is 1.25 bits per heavy atom. The van der Waals surface area contributed by atoms with Crippen molar-refractivity contribution in [3.8, 4) is 11.8 Å². The molecule has 0 aliphatic heterocycles. The Morgan fingerprint density at radius 2 is 2.00 bits per heavy atom. The molecule has 0 heterocycles. The van der Waals surface area contributed by atoms with Gasteiger partial charge in [-0.2, -0.15) is 0 Å². The smallest absolute Gasteiger partial charge is 0.407 e. The van der Waals surface area contributed by atoms with E-state index in [2.05, 4.69) is 17.2 Å². The normalized spacial score (nSPS) is 9.75. The molecule has 0 radical (unpaired) electrons. The van der Waals surface area contributed by atoms with E-state index < -0.39 is 6.09 Å². The molecule has 0 fully saturated rings. The number of halogens is 1. The van der Waals surface area contributed by atoms with Crippen LogP contribution in [0.2, 0.25) is 5.02 Å². The number of benzene rings is 2. The fourth-order valence-corrected chi connectivity index (χ4v) is 2.17. The molecule has 124 valence electrons. The number of ether oxygens (including phenoxy) is 1. The number of hydrogen-bond donors (Lipinski definition) is 2. The standard InChI is InChI=1S/C19H19ClN2O2/c1-14-17(21)11-10-16(18(14)20)9-5-6-12-22-19(23)24-13-15-7-3-2-4-8-15/h2-4,7-8,10-11H,6,12-13,21H2,1H3,(H,22,23). The summed E-state index contributed by atoms with van der Waals surface area (Å²) in [5.74, 6) is 5.96. The average Bonchev–Trinajstić information content (AvgIpc) is 2.60. The number of anilines is 1. The van der Waals surface area contributed by atoms with Gasteiger partial charge in [0.2, 0.25) is 0 Å². The number of carbonyl (C=O) groups excluding carboxylic acids is 1. The van der Waals surface area contributed by atoms with Crippen LogP contribution in [0, 0.1) is 18.8 Å². The molecule has 0 aromatic heterocycles. The van der Waals surface area contributed by atoms with Crippen LogP contribution in [0.4, 0.5) is 10.5 Å². The van der Waals surface area contributed by atoms with E-state index in [1.54, 1.807) is 12.1 Å². The number of hydrogen-bond acceptors (Lipinski definition) is 3. The molecule has 0 saturated heterocycles. The number of amides is 1. The van der Waals surface area contributed by atoms with Gasteiger partial charge in [0.25, 0.3) is 0 Å². The summed E-state index contributed by atoms with van der Waals surface area (Å²) in [6.45, 7) is 2.51. The maximum absolute atomic E-state index is 11.6. The maximum Gasteiger partial charge on any atom is 0.407 e. The lowest BCUT2D eigenvalue weighted by molar-refractivity contribution is 0.140. The minimum Gasteiger partial charge on any atom is -0.445 e. The van der Waals surface area contributed by atoms with E-state index in [1.807, 2.05) is 37.3 Å². The van der Waals surface area contributed by atoms with Crippen molar-refractivity contribution in [2.24, 2.45) is 0 Å². The molecule has 0 bridgehead atoms. The molecule has 2 aromatic rings. The lowest BCUT2D eigenvalue weighted by Gasteiger charge is -2.05. The summed E-state index contributed by atoms with van der Waals surface area (Å²) >= 11 is 6.19. The van der Waals surface area contributed by atoms with Crippen molar-refractivity contribution in [2.75, 3.05) is 12.3 Å². The van der Waals surface area contributed by atoms with Crippen molar-refractivity contribution in [2.45, 2.75) is 20.0 Å². The number of rotatable bonds is 4. The molecular weight excluding hydrogens is 324 g/mol. The topological polar surface area (TPSA) is 64.3 Å². The van der Waals surface area contributed by atoms with Crippen molar-refractivity contribution in [1.29, 1.82) is 0 Å². The van der Waals surface area contributed by atoms with Crippen LogP contribution in [0.1, 0.15) is 23.1 Å². The Morgan fingerprint density at radius 3 is 2.75 bits per heavy atom. The van der Waals surface area contributed by atoms with Crippen LogP contribution in [0.3, 0.4) is 0 Å². The highest BCUT2D eigenvalue weighted by Gasteiger charge is 2.04. The van der Waals surface area contributed by atoms with Gasteiger partial charge < -0.3 is 15.8 Å². The summed E-state index contributed by atoms with van der Waals surface area (Å²) in [7, 11) is 0. The summed E-state index contributed by atoms with van der Waals surface area (Å²) in [6.07, 6.45) is 0.0437.